The van der Waals surface area contributed by atoms with E-state index in [0.29, 0.717) is 0 Å². The summed E-state index contributed by atoms with van der Waals surface area (Å²) in [5.74, 6) is 0. The number of rotatable bonds is 0. The number of benzene rings is 1. The summed E-state index contributed by atoms with van der Waals surface area (Å²) in [5, 5.41) is 0.785. The molecular weight excluding hydrogens is 301 g/mol. The molecule has 0 aliphatic carbocycles. The molecule has 0 unspecified atom stereocenters. The fourth-order valence-electron chi connectivity index (χ4n) is 1.70. The van der Waals surface area contributed by atoms with Crippen molar-refractivity contribution in [3.05, 3.63) is 42.7 Å². The van der Waals surface area contributed by atoms with Gasteiger partial charge >= 0.3 is 0 Å². The summed E-state index contributed by atoms with van der Waals surface area (Å²) in [6.07, 6.45) is 0. The van der Waals surface area contributed by atoms with Gasteiger partial charge in [-0.25, -0.2) is 0 Å². The second-order valence-electron chi connectivity index (χ2n) is 3.82. The van der Waals surface area contributed by atoms with Crippen molar-refractivity contribution in [1.29, 1.82) is 0 Å². The highest BCUT2D eigenvalue weighted by Crippen LogP contribution is 2.19. The van der Waals surface area contributed by atoms with Crippen LogP contribution in [0.25, 0.3) is 10.9 Å². The Morgan fingerprint density at radius 1 is 1.20 bits per heavy atom. The summed E-state index contributed by atoms with van der Waals surface area (Å²) in [7, 11) is 0. The van der Waals surface area contributed by atoms with Crippen molar-refractivity contribution in [2.45, 2.75) is 20.8 Å². The lowest BCUT2D eigenvalue weighted by molar-refractivity contribution is 1.19. The number of pyridine rings is 1. The lowest BCUT2D eigenvalue weighted by Crippen LogP contribution is -2.10. The molecule has 1 aromatic heterocycles. The molecular formula is C12H12INO. The Balaban J connectivity index is 3.06. The summed E-state index contributed by atoms with van der Waals surface area (Å²) >= 11 is 2.09. The summed E-state index contributed by atoms with van der Waals surface area (Å²) in [6, 6.07) is 3.90. The van der Waals surface area contributed by atoms with Gasteiger partial charge in [-0.2, -0.15) is 0 Å². The Hall–Kier alpha value is -0.840. The van der Waals surface area contributed by atoms with Crippen LogP contribution in [-0.2, 0) is 0 Å². The quantitative estimate of drug-likeness (QED) is 0.745. The van der Waals surface area contributed by atoms with Crippen LogP contribution < -0.4 is 5.43 Å². The van der Waals surface area contributed by atoms with E-state index in [4.69, 9.17) is 0 Å². The molecule has 1 aromatic carbocycles. The first kappa shape index (κ1) is 10.7. The van der Waals surface area contributed by atoms with E-state index in [0.717, 1.165) is 25.7 Å². The number of H-pyrrole nitrogens is 1. The first-order chi connectivity index (χ1) is 7.02. The minimum absolute atomic E-state index is 0.130. The van der Waals surface area contributed by atoms with Crippen molar-refractivity contribution in [2.24, 2.45) is 0 Å². The molecule has 2 aromatic rings. The SMILES string of the molecule is Cc1ccc2c(=O)c(I)c(C)[nH]c2c1C. The third kappa shape index (κ3) is 1.58. The normalized spacial score (nSPS) is 10.9. The molecule has 2 nitrogen and oxygen atoms in total. The van der Waals surface area contributed by atoms with E-state index in [-0.39, 0.29) is 5.43 Å². The molecule has 0 saturated carbocycles. The second kappa shape index (κ2) is 3.63. The van der Waals surface area contributed by atoms with E-state index in [2.05, 4.69) is 34.5 Å². The molecule has 0 amide bonds. The Kier molecular flexibility index (Phi) is 2.58. The molecule has 15 heavy (non-hydrogen) atoms. The number of aryl methyl sites for hydroxylation is 3. The van der Waals surface area contributed by atoms with E-state index >= 15 is 0 Å². The van der Waals surface area contributed by atoms with Crippen LogP contribution in [0.1, 0.15) is 16.8 Å². The zero-order valence-corrected chi connectivity index (χ0v) is 11.1. The highest BCUT2D eigenvalue weighted by atomic mass is 127. The van der Waals surface area contributed by atoms with Gasteiger partial charge in [0, 0.05) is 11.1 Å². The van der Waals surface area contributed by atoms with E-state index in [1.165, 1.54) is 5.56 Å². The molecule has 78 valence electrons. The van der Waals surface area contributed by atoms with Crippen molar-refractivity contribution >= 4 is 33.5 Å². The molecule has 0 aliphatic heterocycles. The molecule has 1 heterocycles. The smallest absolute Gasteiger partial charge is 0.202 e. The highest BCUT2D eigenvalue weighted by Gasteiger charge is 2.08. The van der Waals surface area contributed by atoms with Gasteiger partial charge in [0.25, 0.3) is 0 Å². The second-order valence-corrected chi connectivity index (χ2v) is 4.90. The summed E-state index contributed by atoms with van der Waals surface area (Å²) < 4.78 is 0.781. The van der Waals surface area contributed by atoms with Gasteiger partial charge in [0.15, 0.2) is 0 Å². The lowest BCUT2D eigenvalue weighted by Gasteiger charge is -2.07. The standard InChI is InChI=1S/C12H12INO/c1-6-4-5-9-11(7(6)2)14-8(3)10(13)12(9)15/h4-5H,1-3H3,(H,14,15). The first-order valence-electron chi connectivity index (χ1n) is 4.80. The molecule has 1 N–H and O–H groups in total. The van der Waals surface area contributed by atoms with Gasteiger partial charge in [-0.05, 0) is 60.6 Å². The average Bonchev–Trinajstić information content (AvgIpc) is 2.21. The molecule has 0 radical (unpaired) electrons. The Morgan fingerprint density at radius 3 is 2.53 bits per heavy atom. The number of fused-ring (bicyclic) bond motifs is 1. The number of halogens is 1. The van der Waals surface area contributed by atoms with Gasteiger partial charge in [-0.3, -0.25) is 4.79 Å². The van der Waals surface area contributed by atoms with Crippen molar-refractivity contribution < 1.29 is 0 Å². The molecule has 0 aliphatic rings. The molecule has 0 fully saturated rings. The van der Waals surface area contributed by atoms with Crippen molar-refractivity contribution in [3.8, 4) is 0 Å². The Morgan fingerprint density at radius 2 is 1.87 bits per heavy atom. The minimum atomic E-state index is 0.130. The van der Waals surface area contributed by atoms with Gasteiger partial charge in [-0.15, -0.1) is 0 Å². The average molecular weight is 313 g/mol. The summed E-state index contributed by atoms with van der Waals surface area (Å²) in [5.41, 5.74) is 4.41. The van der Waals surface area contributed by atoms with Crippen molar-refractivity contribution in [3.63, 3.8) is 0 Å². The molecule has 3 heteroatoms. The predicted octanol–water partition coefficient (Wildman–Crippen LogP) is 3.06. The third-order valence-electron chi connectivity index (χ3n) is 2.82. The van der Waals surface area contributed by atoms with Crippen LogP contribution in [-0.4, -0.2) is 4.98 Å². The number of nitrogens with one attached hydrogen (secondary N) is 1. The van der Waals surface area contributed by atoms with Crippen molar-refractivity contribution in [1.82, 2.24) is 4.98 Å². The summed E-state index contributed by atoms with van der Waals surface area (Å²) in [4.78, 5) is 15.3. The van der Waals surface area contributed by atoms with Gasteiger partial charge < -0.3 is 4.98 Å². The van der Waals surface area contributed by atoms with Gasteiger partial charge in [0.1, 0.15) is 0 Å². The van der Waals surface area contributed by atoms with Crippen molar-refractivity contribution in [2.75, 3.05) is 0 Å². The van der Waals surface area contributed by atoms with E-state index < -0.39 is 0 Å². The van der Waals surface area contributed by atoms with Gasteiger partial charge in [0.2, 0.25) is 5.43 Å². The molecule has 0 spiro atoms. The van der Waals surface area contributed by atoms with Crippen LogP contribution in [0.5, 0.6) is 0 Å². The Labute approximate surface area is 102 Å². The third-order valence-corrected chi connectivity index (χ3v) is 4.12. The fourth-order valence-corrected chi connectivity index (χ4v) is 2.12. The van der Waals surface area contributed by atoms with E-state index in [1.54, 1.807) is 0 Å². The van der Waals surface area contributed by atoms with Crippen LogP contribution in [0, 0.1) is 24.3 Å². The molecule has 0 bridgehead atoms. The molecule has 2 rings (SSSR count). The molecule has 0 atom stereocenters. The fraction of sp³-hybridized carbons (Fsp3) is 0.250. The van der Waals surface area contributed by atoms with Crippen LogP contribution >= 0.6 is 22.6 Å². The van der Waals surface area contributed by atoms with E-state index in [9.17, 15) is 4.79 Å². The van der Waals surface area contributed by atoms with Gasteiger partial charge in [-0.1, -0.05) is 6.07 Å². The number of hydrogen-bond donors (Lipinski definition) is 1. The number of aromatic amines is 1. The van der Waals surface area contributed by atoms with Gasteiger partial charge in [0.05, 0.1) is 9.09 Å². The maximum atomic E-state index is 12.0. The highest BCUT2D eigenvalue weighted by molar-refractivity contribution is 14.1. The maximum absolute atomic E-state index is 12.0. The largest absolute Gasteiger partial charge is 0.357 e. The van der Waals surface area contributed by atoms with Crippen LogP contribution in [0.3, 0.4) is 0 Å². The Bertz CT molecular complexity index is 599. The predicted molar refractivity (Wildman–Crippen MR) is 71.5 cm³/mol. The number of aromatic nitrogens is 1. The van der Waals surface area contributed by atoms with Crippen LogP contribution in [0.2, 0.25) is 0 Å². The van der Waals surface area contributed by atoms with Crippen LogP contribution in [0.15, 0.2) is 16.9 Å². The maximum Gasteiger partial charge on any atom is 0.202 e. The minimum Gasteiger partial charge on any atom is -0.357 e. The number of hydrogen-bond acceptors (Lipinski definition) is 1. The topological polar surface area (TPSA) is 32.9 Å². The first-order valence-corrected chi connectivity index (χ1v) is 5.88. The van der Waals surface area contributed by atoms with Crippen LogP contribution in [0.4, 0.5) is 0 Å². The monoisotopic (exact) mass is 313 g/mol. The summed E-state index contributed by atoms with van der Waals surface area (Å²) in [6.45, 7) is 6.03. The zero-order valence-electron chi connectivity index (χ0n) is 8.94. The van der Waals surface area contributed by atoms with E-state index in [1.807, 2.05) is 26.0 Å². The zero-order chi connectivity index (χ0) is 11.2. The lowest BCUT2D eigenvalue weighted by atomic mass is 10.0. The molecule has 0 saturated heterocycles.